The third-order valence-corrected chi connectivity index (χ3v) is 3.35. The van der Waals surface area contributed by atoms with E-state index >= 15 is 0 Å². The first-order chi connectivity index (χ1) is 9.70. The van der Waals surface area contributed by atoms with Crippen molar-refractivity contribution in [2.24, 2.45) is 0 Å². The molecule has 2 aromatic carbocycles. The van der Waals surface area contributed by atoms with Crippen molar-refractivity contribution in [2.45, 2.75) is 0 Å². The van der Waals surface area contributed by atoms with E-state index < -0.39 is 0 Å². The molecule has 1 aromatic heterocycles. The zero-order valence-corrected chi connectivity index (χ0v) is 11.4. The highest BCUT2D eigenvalue weighted by Crippen LogP contribution is 2.32. The van der Waals surface area contributed by atoms with E-state index in [-0.39, 0.29) is 5.82 Å². The lowest BCUT2D eigenvalue weighted by atomic mass is 10.1. The normalized spacial score (nSPS) is 10.8. The third-order valence-electron chi connectivity index (χ3n) is 3.04. The Balaban J connectivity index is 2.32. The van der Waals surface area contributed by atoms with E-state index in [1.807, 2.05) is 6.07 Å². The maximum Gasteiger partial charge on any atom is 0.132 e. The van der Waals surface area contributed by atoms with Crippen LogP contribution >= 0.6 is 11.6 Å². The van der Waals surface area contributed by atoms with Gasteiger partial charge in [0.2, 0.25) is 0 Å². The second-order valence-electron chi connectivity index (χ2n) is 4.20. The van der Waals surface area contributed by atoms with Gasteiger partial charge in [0.25, 0.3) is 0 Å². The summed E-state index contributed by atoms with van der Waals surface area (Å²) in [5, 5.41) is 1.21. The van der Waals surface area contributed by atoms with Gasteiger partial charge in [-0.1, -0.05) is 23.7 Å². The zero-order valence-electron chi connectivity index (χ0n) is 10.6. The van der Waals surface area contributed by atoms with Crippen LogP contribution in [0, 0.1) is 5.82 Å². The zero-order chi connectivity index (χ0) is 14.1. The molecule has 3 rings (SSSR count). The first kappa shape index (κ1) is 12.8. The van der Waals surface area contributed by atoms with Crippen LogP contribution in [-0.4, -0.2) is 17.1 Å². The molecule has 0 amide bonds. The van der Waals surface area contributed by atoms with Crippen molar-refractivity contribution in [1.82, 2.24) is 9.97 Å². The van der Waals surface area contributed by atoms with E-state index in [1.165, 1.54) is 19.5 Å². The molecule has 5 heteroatoms. The monoisotopic (exact) mass is 288 g/mol. The van der Waals surface area contributed by atoms with E-state index in [0.29, 0.717) is 32.9 Å². The molecule has 3 nitrogen and oxygen atoms in total. The maximum atomic E-state index is 14.1. The fourth-order valence-electron chi connectivity index (χ4n) is 2.08. The van der Waals surface area contributed by atoms with Crippen molar-refractivity contribution in [2.75, 3.05) is 7.11 Å². The van der Waals surface area contributed by atoms with Gasteiger partial charge in [-0.05, 0) is 24.3 Å². The molecule has 1 heterocycles. The summed E-state index contributed by atoms with van der Waals surface area (Å²) in [5.74, 6) is 0.195. The Morgan fingerprint density at radius 1 is 1.15 bits per heavy atom. The molecule has 0 aliphatic carbocycles. The number of aromatic nitrogens is 2. The number of nitrogens with zero attached hydrogens (tertiary/aromatic N) is 2. The predicted molar refractivity (Wildman–Crippen MR) is 76.5 cm³/mol. The lowest BCUT2D eigenvalue weighted by Crippen LogP contribution is -1.93. The smallest absolute Gasteiger partial charge is 0.132 e. The summed E-state index contributed by atoms with van der Waals surface area (Å²) in [7, 11) is 1.53. The first-order valence-corrected chi connectivity index (χ1v) is 6.31. The van der Waals surface area contributed by atoms with Crippen molar-refractivity contribution >= 4 is 22.5 Å². The highest BCUT2D eigenvalue weighted by atomic mass is 35.5. The Hall–Kier alpha value is -2.20. The fraction of sp³-hybridized carbons (Fsp3) is 0.0667. The van der Waals surface area contributed by atoms with Crippen molar-refractivity contribution in [1.29, 1.82) is 0 Å². The summed E-state index contributed by atoms with van der Waals surface area (Å²) < 4.78 is 19.2. The molecular weight excluding hydrogens is 279 g/mol. The van der Waals surface area contributed by atoms with Gasteiger partial charge in [-0.25, -0.2) is 14.4 Å². The average molecular weight is 289 g/mol. The number of benzene rings is 2. The van der Waals surface area contributed by atoms with Crippen LogP contribution < -0.4 is 4.74 Å². The molecule has 0 bridgehead atoms. The molecule has 0 fully saturated rings. The van der Waals surface area contributed by atoms with Crippen molar-refractivity contribution in [3.05, 3.63) is 53.6 Å². The standard InChI is InChI=1S/C15H10ClFN2O/c1-20-9-5-6-13(17)11(7-9)14-10-3-2-4-12(16)15(10)19-8-18-14/h2-8H,1H3. The van der Waals surface area contributed by atoms with Crippen LogP contribution in [0.4, 0.5) is 4.39 Å². The van der Waals surface area contributed by atoms with Gasteiger partial charge in [0.05, 0.1) is 23.3 Å². The molecule has 0 unspecified atom stereocenters. The molecule has 0 spiro atoms. The Morgan fingerprint density at radius 2 is 2.00 bits per heavy atom. The summed E-state index contributed by atoms with van der Waals surface area (Å²) in [5.41, 5.74) is 1.45. The molecule has 0 radical (unpaired) electrons. The van der Waals surface area contributed by atoms with Crippen LogP contribution in [-0.2, 0) is 0 Å². The van der Waals surface area contributed by atoms with E-state index in [1.54, 1.807) is 24.3 Å². The predicted octanol–water partition coefficient (Wildman–Crippen LogP) is 4.10. The minimum Gasteiger partial charge on any atom is -0.497 e. The van der Waals surface area contributed by atoms with E-state index in [4.69, 9.17) is 16.3 Å². The summed E-state index contributed by atoms with van der Waals surface area (Å²) in [6.45, 7) is 0. The number of hydrogen-bond donors (Lipinski definition) is 0. The van der Waals surface area contributed by atoms with Crippen LogP contribution in [0.5, 0.6) is 5.75 Å². The van der Waals surface area contributed by atoms with Crippen LogP contribution in [0.1, 0.15) is 0 Å². The second kappa shape index (κ2) is 5.06. The van der Waals surface area contributed by atoms with Gasteiger partial charge >= 0.3 is 0 Å². The SMILES string of the molecule is COc1ccc(F)c(-c2ncnc3c(Cl)cccc23)c1. The first-order valence-electron chi connectivity index (χ1n) is 5.94. The Bertz CT molecular complexity index is 792. The minimum atomic E-state index is -0.370. The summed E-state index contributed by atoms with van der Waals surface area (Å²) >= 11 is 6.11. The van der Waals surface area contributed by atoms with Crippen molar-refractivity contribution in [3.8, 4) is 17.0 Å². The van der Waals surface area contributed by atoms with E-state index in [0.717, 1.165) is 0 Å². The number of ether oxygens (including phenoxy) is 1. The largest absolute Gasteiger partial charge is 0.497 e. The van der Waals surface area contributed by atoms with Gasteiger partial charge in [-0.3, -0.25) is 0 Å². The fourth-order valence-corrected chi connectivity index (χ4v) is 2.30. The van der Waals surface area contributed by atoms with Gasteiger partial charge in [0.1, 0.15) is 17.9 Å². The molecule has 0 saturated heterocycles. The molecule has 0 atom stereocenters. The third kappa shape index (κ3) is 2.08. The van der Waals surface area contributed by atoms with Crippen molar-refractivity contribution in [3.63, 3.8) is 0 Å². The molecule has 0 N–H and O–H groups in total. The van der Waals surface area contributed by atoms with Gasteiger partial charge in [0, 0.05) is 10.9 Å². The molecule has 0 aliphatic rings. The van der Waals surface area contributed by atoms with E-state index in [2.05, 4.69) is 9.97 Å². The molecule has 100 valence electrons. The number of halogens is 2. The maximum absolute atomic E-state index is 14.1. The van der Waals surface area contributed by atoms with E-state index in [9.17, 15) is 4.39 Å². The van der Waals surface area contributed by atoms with Gasteiger partial charge in [-0.15, -0.1) is 0 Å². The number of methoxy groups -OCH3 is 1. The van der Waals surface area contributed by atoms with Crippen LogP contribution in [0.3, 0.4) is 0 Å². The highest BCUT2D eigenvalue weighted by molar-refractivity contribution is 6.35. The quantitative estimate of drug-likeness (QED) is 0.712. The van der Waals surface area contributed by atoms with Gasteiger partial charge < -0.3 is 4.74 Å². The number of hydrogen-bond acceptors (Lipinski definition) is 3. The highest BCUT2D eigenvalue weighted by Gasteiger charge is 2.13. The van der Waals surface area contributed by atoms with Crippen LogP contribution in [0.15, 0.2) is 42.7 Å². The molecular formula is C15H10ClFN2O. The Morgan fingerprint density at radius 3 is 2.80 bits per heavy atom. The van der Waals surface area contributed by atoms with Crippen LogP contribution in [0.25, 0.3) is 22.2 Å². The number of fused-ring (bicyclic) bond motifs is 1. The summed E-state index contributed by atoms with van der Waals surface area (Å²) in [4.78, 5) is 8.33. The Labute approximate surface area is 120 Å². The summed E-state index contributed by atoms with van der Waals surface area (Å²) in [6.07, 6.45) is 1.38. The van der Waals surface area contributed by atoms with Crippen LogP contribution in [0.2, 0.25) is 5.02 Å². The summed E-state index contributed by atoms with van der Waals surface area (Å²) in [6, 6.07) is 9.87. The minimum absolute atomic E-state index is 0.360. The molecule has 3 aromatic rings. The van der Waals surface area contributed by atoms with Gasteiger partial charge in [-0.2, -0.15) is 0 Å². The lowest BCUT2D eigenvalue weighted by Gasteiger charge is -2.08. The van der Waals surface area contributed by atoms with Gasteiger partial charge in [0.15, 0.2) is 0 Å². The molecule has 0 aliphatic heterocycles. The average Bonchev–Trinajstić information content (AvgIpc) is 2.48. The number of rotatable bonds is 2. The molecule has 0 saturated carbocycles. The lowest BCUT2D eigenvalue weighted by molar-refractivity contribution is 0.414. The number of para-hydroxylation sites is 1. The Kier molecular flexibility index (Phi) is 3.24. The molecule has 20 heavy (non-hydrogen) atoms. The second-order valence-corrected chi connectivity index (χ2v) is 4.61. The topological polar surface area (TPSA) is 35.0 Å². The van der Waals surface area contributed by atoms with Crippen molar-refractivity contribution < 1.29 is 9.13 Å².